The lowest BCUT2D eigenvalue weighted by atomic mass is 10.2. The molecule has 0 saturated carbocycles. The normalized spacial score (nSPS) is 15.2. The summed E-state index contributed by atoms with van der Waals surface area (Å²) in [7, 11) is 1.50. The van der Waals surface area contributed by atoms with Crippen LogP contribution < -0.4 is 14.8 Å². The van der Waals surface area contributed by atoms with Gasteiger partial charge in [0.2, 0.25) is 5.76 Å². The van der Waals surface area contributed by atoms with Gasteiger partial charge in [-0.25, -0.2) is 4.79 Å². The Morgan fingerprint density at radius 2 is 2.15 bits per heavy atom. The smallest absolute Gasteiger partial charge is 0.371 e. The van der Waals surface area contributed by atoms with Crippen molar-refractivity contribution in [2.75, 3.05) is 7.11 Å². The number of hydrogen-bond acceptors (Lipinski definition) is 7. The van der Waals surface area contributed by atoms with E-state index in [1.54, 1.807) is 24.3 Å². The summed E-state index contributed by atoms with van der Waals surface area (Å²) in [6.45, 7) is 0.0522. The van der Waals surface area contributed by atoms with Gasteiger partial charge in [0.25, 0.3) is 5.91 Å². The molecule has 7 nitrogen and oxygen atoms in total. The summed E-state index contributed by atoms with van der Waals surface area (Å²) in [5.41, 5.74) is 0.753. The highest BCUT2D eigenvalue weighted by Gasteiger charge is 2.22. The van der Waals surface area contributed by atoms with Crippen molar-refractivity contribution < 1.29 is 28.6 Å². The monoisotopic (exact) mass is 391 g/mol. The van der Waals surface area contributed by atoms with Gasteiger partial charge in [0.15, 0.2) is 11.5 Å². The molecular weight excluding hydrogens is 378 g/mol. The van der Waals surface area contributed by atoms with E-state index in [9.17, 15) is 9.59 Å². The summed E-state index contributed by atoms with van der Waals surface area (Å²) in [4.78, 5) is 23.0. The molecule has 1 amide bonds. The van der Waals surface area contributed by atoms with Crippen molar-refractivity contribution >= 4 is 46.3 Å². The number of ether oxygens (including phenoxy) is 2. The highest BCUT2D eigenvalue weighted by Crippen LogP contribution is 2.32. The summed E-state index contributed by atoms with van der Waals surface area (Å²) in [5.74, 6) is -0.214. The highest BCUT2D eigenvalue weighted by atomic mass is 32.2. The average Bonchev–Trinajstić information content (AvgIpc) is 3.20. The summed E-state index contributed by atoms with van der Waals surface area (Å²) >= 11 is 6.16. The van der Waals surface area contributed by atoms with Crippen LogP contribution in [0.15, 0.2) is 39.7 Å². The summed E-state index contributed by atoms with van der Waals surface area (Å²) in [6.07, 6.45) is 1.71. The van der Waals surface area contributed by atoms with Gasteiger partial charge in [0, 0.05) is 0 Å². The third-order valence-electron chi connectivity index (χ3n) is 3.37. The first-order valence-corrected chi connectivity index (χ1v) is 8.56. The molecule has 0 spiro atoms. The molecule has 2 N–H and O–H groups in total. The molecule has 134 valence electrons. The average molecular weight is 391 g/mol. The van der Waals surface area contributed by atoms with Gasteiger partial charge in [0.1, 0.15) is 16.7 Å². The summed E-state index contributed by atoms with van der Waals surface area (Å²) < 4.78 is 16.5. The largest absolute Gasteiger partial charge is 0.493 e. The minimum atomic E-state index is -1.14. The van der Waals surface area contributed by atoms with Crippen molar-refractivity contribution in [3.05, 3.63) is 52.3 Å². The molecule has 0 atom stereocenters. The quantitative estimate of drug-likeness (QED) is 0.573. The Hall–Kier alpha value is -2.78. The highest BCUT2D eigenvalue weighted by molar-refractivity contribution is 8.26. The van der Waals surface area contributed by atoms with Gasteiger partial charge >= 0.3 is 5.97 Å². The van der Waals surface area contributed by atoms with Crippen LogP contribution in [0.5, 0.6) is 11.5 Å². The molecule has 0 radical (unpaired) electrons. The summed E-state index contributed by atoms with van der Waals surface area (Å²) in [5, 5.41) is 11.4. The zero-order chi connectivity index (χ0) is 18.7. The van der Waals surface area contributed by atoms with Crippen molar-refractivity contribution in [1.29, 1.82) is 0 Å². The zero-order valence-corrected chi connectivity index (χ0v) is 15.1. The maximum absolute atomic E-state index is 11.7. The minimum Gasteiger partial charge on any atom is -0.493 e. The number of carboxylic acids is 1. The number of furan rings is 1. The first-order valence-electron chi connectivity index (χ1n) is 7.34. The second kappa shape index (κ2) is 7.63. The molecule has 1 aromatic heterocycles. The fraction of sp³-hybridized carbons (Fsp3) is 0.118. The number of aromatic carboxylic acids is 1. The molecule has 2 aromatic rings. The van der Waals surface area contributed by atoms with Crippen LogP contribution >= 0.6 is 24.0 Å². The number of thiocarbonyl (C=S) groups is 1. The Morgan fingerprint density at radius 1 is 1.35 bits per heavy atom. The van der Waals surface area contributed by atoms with E-state index in [1.807, 2.05) is 0 Å². The Bertz CT molecular complexity index is 918. The number of benzene rings is 1. The third-order valence-corrected chi connectivity index (χ3v) is 4.53. The van der Waals surface area contributed by atoms with Crippen LogP contribution in [0, 0.1) is 0 Å². The third kappa shape index (κ3) is 4.06. The van der Waals surface area contributed by atoms with Gasteiger partial charge in [-0.3, -0.25) is 4.79 Å². The molecule has 3 rings (SSSR count). The van der Waals surface area contributed by atoms with Crippen LogP contribution in [0.2, 0.25) is 0 Å². The van der Waals surface area contributed by atoms with Gasteiger partial charge in [-0.2, -0.15) is 0 Å². The lowest BCUT2D eigenvalue weighted by Gasteiger charge is -2.10. The maximum Gasteiger partial charge on any atom is 0.371 e. The molecule has 1 aromatic carbocycles. The SMILES string of the molecule is COc1cc(C=C2SC(=S)NC2=O)ccc1OCc1ccc(C(=O)O)o1. The molecule has 0 aliphatic carbocycles. The standard InChI is InChI=1S/C17H13NO6S2/c1-22-13-6-9(7-14-15(19)18-17(25)26-14)2-4-11(13)23-8-10-3-5-12(24-10)16(20)21/h2-7H,8H2,1H3,(H,20,21)(H,18,19,25). The number of carbonyl (C=O) groups excluding carboxylic acids is 1. The number of methoxy groups -OCH3 is 1. The second-order valence-electron chi connectivity index (χ2n) is 5.12. The number of hydrogen-bond donors (Lipinski definition) is 2. The number of carbonyl (C=O) groups is 2. The molecule has 1 saturated heterocycles. The van der Waals surface area contributed by atoms with E-state index < -0.39 is 5.97 Å². The first-order chi connectivity index (χ1) is 12.5. The Morgan fingerprint density at radius 3 is 2.77 bits per heavy atom. The van der Waals surface area contributed by atoms with Crippen LogP contribution in [0.1, 0.15) is 21.9 Å². The van der Waals surface area contributed by atoms with Crippen molar-refractivity contribution in [1.82, 2.24) is 5.32 Å². The van der Waals surface area contributed by atoms with E-state index in [0.29, 0.717) is 26.5 Å². The van der Waals surface area contributed by atoms with Crippen LogP contribution in [-0.2, 0) is 11.4 Å². The summed E-state index contributed by atoms with van der Waals surface area (Å²) in [6, 6.07) is 8.09. The molecule has 26 heavy (non-hydrogen) atoms. The van der Waals surface area contributed by atoms with Crippen LogP contribution in [0.3, 0.4) is 0 Å². The van der Waals surface area contributed by atoms with Crippen LogP contribution in [0.4, 0.5) is 0 Å². The van der Waals surface area contributed by atoms with E-state index in [1.165, 1.54) is 31.0 Å². The molecule has 1 aliphatic heterocycles. The molecule has 0 unspecified atom stereocenters. The van der Waals surface area contributed by atoms with Gasteiger partial charge in [-0.15, -0.1) is 0 Å². The fourth-order valence-corrected chi connectivity index (χ4v) is 3.23. The van der Waals surface area contributed by atoms with Crippen molar-refractivity contribution in [2.45, 2.75) is 6.61 Å². The van der Waals surface area contributed by atoms with Gasteiger partial charge < -0.3 is 24.3 Å². The van der Waals surface area contributed by atoms with Crippen molar-refractivity contribution in [3.63, 3.8) is 0 Å². The van der Waals surface area contributed by atoms with E-state index in [0.717, 1.165) is 5.56 Å². The van der Waals surface area contributed by atoms with Crippen LogP contribution in [-0.4, -0.2) is 28.4 Å². The van der Waals surface area contributed by atoms with E-state index in [2.05, 4.69) is 5.32 Å². The fourth-order valence-electron chi connectivity index (χ4n) is 2.18. The molecule has 1 fully saturated rings. The van der Waals surface area contributed by atoms with Crippen LogP contribution in [0.25, 0.3) is 6.08 Å². The molecule has 1 aliphatic rings. The second-order valence-corrected chi connectivity index (χ2v) is 6.84. The topological polar surface area (TPSA) is 98.0 Å². The van der Waals surface area contributed by atoms with Crippen molar-refractivity contribution in [3.8, 4) is 11.5 Å². The van der Waals surface area contributed by atoms with Crippen molar-refractivity contribution in [2.24, 2.45) is 0 Å². The molecular formula is C17H13NO6S2. The maximum atomic E-state index is 11.7. The molecule has 0 bridgehead atoms. The number of rotatable bonds is 6. The lowest BCUT2D eigenvalue weighted by Crippen LogP contribution is -2.17. The molecule has 9 heteroatoms. The van der Waals surface area contributed by atoms with E-state index >= 15 is 0 Å². The number of carboxylic acid groups (broad SMARTS) is 1. The van der Waals surface area contributed by atoms with Gasteiger partial charge in [-0.1, -0.05) is 30.0 Å². The van der Waals surface area contributed by atoms with E-state index in [4.69, 9.17) is 31.2 Å². The number of thioether (sulfide) groups is 1. The lowest BCUT2D eigenvalue weighted by molar-refractivity contribution is -0.115. The minimum absolute atomic E-state index is 0.0522. The first kappa shape index (κ1) is 18.0. The van der Waals surface area contributed by atoms with Gasteiger partial charge in [-0.05, 0) is 35.9 Å². The Kier molecular flexibility index (Phi) is 5.29. The molecule has 2 heterocycles. The zero-order valence-electron chi connectivity index (χ0n) is 13.5. The number of amides is 1. The predicted octanol–water partition coefficient (Wildman–Crippen LogP) is 3.05. The predicted molar refractivity (Wildman–Crippen MR) is 99.3 cm³/mol. The number of nitrogens with one attached hydrogen (secondary N) is 1. The van der Waals surface area contributed by atoms with E-state index in [-0.39, 0.29) is 18.3 Å². The Labute approximate surface area is 158 Å². The Balaban J connectivity index is 1.74. The van der Waals surface area contributed by atoms with Gasteiger partial charge in [0.05, 0.1) is 12.0 Å².